The fourth-order valence-corrected chi connectivity index (χ4v) is 4.17. The maximum atomic E-state index is 12.8. The topological polar surface area (TPSA) is 70.6 Å². The maximum Gasteiger partial charge on any atom is 0.264 e. The van der Waals surface area contributed by atoms with Gasteiger partial charge >= 0.3 is 0 Å². The molecule has 0 aliphatic rings. The largest absolute Gasteiger partial charge is 0.341 e. The number of benzene rings is 2. The lowest BCUT2D eigenvalue weighted by molar-refractivity contribution is 0.0796. The lowest BCUT2D eigenvalue weighted by Crippen LogP contribution is -2.29. The van der Waals surface area contributed by atoms with Gasteiger partial charge in [-0.2, -0.15) is 0 Å². The third kappa shape index (κ3) is 4.86. The van der Waals surface area contributed by atoms with Crippen molar-refractivity contribution < 1.29 is 13.2 Å². The van der Waals surface area contributed by atoms with Gasteiger partial charge in [-0.05, 0) is 55.5 Å². The van der Waals surface area contributed by atoms with E-state index in [-0.39, 0.29) is 10.8 Å². The van der Waals surface area contributed by atoms with E-state index in [2.05, 4.69) is 4.98 Å². The molecule has 0 bridgehead atoms. The van der Waals surface area contributed by atoms with E-state index in [0.717, 1.165) is 11.3 Å². The fourth-order valence-electron chi connectivity index (χ4n) is 2.97. The number of carbonyl (C=O) groups excluding carboxylic acids is 1. The number of likely N-dealkylation sites (N-methyl/N-ethyl adjacent to an activating group) is 1. The number of hydrogen-bond donors (Lipinski definition) is 0. The molecule has 30 heavy (non-hydrogen) atoms. The first-order valence-electron chi connectivity index (χ1n) is 9.60. The molecule has 3 rings (SSSR count). The number of amides is 1. The third-order valence-electron chi connectivity index (χ3n) is 4.93. The molecular formula is C23H25N3O3S. The summed E-state index contributed by atoms with van der Waals surface area (Å²) in [4.78, 5) is 18.8. The second kappa shape index (κ2) is 9.09. The predicted octanol–water partition coefficient (Wildman–Crippen LogP) is 3.53. The van der Waals surface area contributed by atoms with E-state index in [4.69, 9.17) is 0 Å². The standard InChI is InChI=1S/C23H25N3O3S/c1-18-7-13-22(14-8-18)30(28,29)26(3)21-11-9-19(10-12-21)23(27)25(2)17-15-20-6-4-5-16-24-20/h4-14,16H,15,17H2,1-3H3. The van der Waals surface area contributed by atoms with E-state index in [1.54, 1.807) is 66.7 Å². The number of rotatable bonds is 7. The summed E-state index contributed by atoms with van der Waals surface area (Å²) >= 11 is 0. The minimum absolute atomic E-state index is 0.124. The first kappa shape index (κ1) is 21.5. The smallest absolute Gasteiger partial charge is 0.264 e. The second-order valence-corrected chi connectivity index (χ2v) is 9.10. The quantitative estimate of drug-likeness (QED) is 0.583. The molecule has 0 aliphatic carbocycles. The van der Waals surface area contributed by atoms with E-state index in [1.807, 2.05) is 25.1 Å². The first-order valence-corrected chi connectivity index (χ1v) is 11.0. The Balaban J connectivity index is 1.69. The molecule has 6 nitrogen and oxygen atoms in total. The zero-order valence-electron chi connectivity index (χ0n) is 17.3. The summed E-state index contributed by atoms with van der Waals surface area (Å²) in [6.45, 7) is 2.45. The van der Waals surface area contributed by atoms with Crippen LogP contribution in [0, 0.1) is 6.92 Å². The number of nitrogens with zero attached hydrogens (tertiary/aromatic N) is 3. The van der Waals surface area contributed by atoms with Crippen molar-refractivity contribution in [1.29, 1.82) is 0 Å². The molecule has 0 saturated carbocycles. The van der Waals surface area contributed by atoms with Crippen LogP contribution in [0.4, 0.5) is 5.69 Å². The van der Waals surface area contributed by atoms with E-state index in [9.17, 15) is 13.2 Å². The predicted molar refractivity (Wildman–Crippen MR) is 118 cm³/mol. The van der Waals surface area contributed by atoms with Gasteiger partial charge in [-0.3, -0.25) is 14.1 Å². The summed E-state index contributed by atoms with van der Waals surface area (Å²) in [5, 5.41) is 0. The van der Waals surface area contributed by atoms with E-state index < -0.39 is 10.0 Å². The zero-order chi connectivity index (χ0) is 21.7. The van der Waals surface area contributed by atoms with Gasteiger partial charge in [0.1, 0.15) is 0 Å². The van der Waals surface area contributed by atoms with Crippen LogP contribution >= 0.6 is 0 Å². The second-order valence-electron chi connectivity index (χ2n) is 7.13. The van der Waals surface area contributed by atoms with Crippen LogP contribution in [0.3, 0.4) is 0 Å². The zero-order valence-corrected chi connectivity index (χ0v) is 18.1. The van der Waals surface area contributed by atoms with Crippen molar-refractivity contribution in [3.05, 3.63) is 89.7 Å². The van der Waals surface area contributed by atoms with Crippen LogP contribution in [0.1, 0.15) is 21.6 Å². The van der Waals surface area contributed by atoms with Crippen LogP contribution in [0.2, 0.25) is 0 Å². The molecule has 156 valence electrons. The van der Waals surface area contributed by atoms with Crippen LogP contribution in [0.15, 0.2) is 77.8 Å². The monoisotopic (exact) mass is 423 g/mol. The number of hydrogen-bond acceptors (Lipinski definition) is 4. The molecule has 0 atom stereocenters. The molecule has 7 heteroatoms. The molecule has 3 aromatic rings. The van der Waals surface area contributed by atoms with Crippen LogP contribution < -0.4 is 4.31 Å². The van der Waals surface area contributed by atoms with Crippen LogP contribution in [-0.2, 0) is 16.4 Å². The Kier molecular flexibility index (Phi) is 6.52. The average Bonchev–Trinajstić information content (AvgIpc) is 2.77. The van der Waals surface area contributed by atoms with Gasteiger partial charge in [0.2, 0.25) is 0 Å². The lowest BCUT2D eigenvalue weighted by Gasteiger charge is -2.21. The highest BCUT2D eigenvalue weighted by molar-refractivity contribution is 7.92. The van der Waals surface area contributed by atoms with Crippen molar-refractivity contribution in [2.24, 2.45) is 0 Å². The Morgan fingerprint density at radius 3 is 2.20 bits per heavy atom. The highest BCUT2D eigenvalue weighted by atomic mass is 32.2. The molecule has 0 radical (unpaired) electrons. The van der Waals surface area contributed by atoms with E-state index in [1.165, 1.54) is 11.4 Å². The summed E-state index contributed by atoms with van der Waals surface area (Å²) in [6.07, 6.45) is 2.40. The molecule has 0 aliphatic heterocycles. The summed E-state index contributed by atoms with van der Waals surface area (Å²) in [7, 11) is -0.418. The van der Waals surface area contributed by atoms with Crippen LogP contribution in [0.25, 0.3) is 0 Å². The van der Waals surface area contributed by atoms with Crippen molar-refractivity contribution in [2.45, 2.75) is 18.2 Å². The molecule has 0 N–H and O–H groups in total. The molecule has 1 heterocycles. The fraction of sp³-hybridized carbons (Fsp3) is 0.217. The summed E-state index contributed by atoms with van der Waals surface area (Å²) < 4.78 is 26.9. The number of pyridine rings is 1. The molecule has 0 spiro atoms. The van der Waals surface area contributed by atoms with Gasteiger partial charge in [0.05, 0.1) is 10.6 Å². The minimum Gasteiger partial charge on any atom is -0.341 e. The molecule has 2 aromatic carbocycles. The van der Waals surface area contributed by atoms with Crippen molar-refractivity contribution in [3.63, 3.8) is 0 Å². The Bertz CT molecular complexity index is 1100. The minimum atomic E-state index is -3.67. The molecule has 0 saturated heterocycles. The Morgan fingerprint density at radius 1 is 0.933 bits per heavy atom. The van der Waals surface area contributed by atoms with Crippen molar-refractivity contribution in [3.8, 4) is 0 Å². The highest BCUT2D eigenvalue weighted by Gasteiger charge is 2.21. The summed E-state index contributed by atoms with van der Waals surface area (Å²) in [5.41, 5.74) is 2.91. The van der Waals surface area contributed by atoms with Gasteiger partial charge in [-0.25, -0.2) is 8.42 Å². The summed E-state index contributed by atoms with van der Waals surface area (Å²) in [5.74, 6) is -0.124. The highest BCUT2D eigenvalue weighted by Crippen LogP contribution is 2.23. The van der Waals surface area contributed by atoms with Gasteiger partial charge < -0.3 is 4.90 Å². The Hall–Kier alpha value is -3.19. The number of aryl methyl sites for hydroxylation is 1. The van der Waals surface area contributed by atoms with E-state index >= 15 is 0 Å². The molecule has 0 fully saturated rings. The Labute approximate surface area is 177 Å². The number of aromatic nitrogens is 1. The molecule has 0 unspecified atom stereocenters. The third-order valence-corrected chi connectivity index (χ3v) is 6.73. The lowest BCUT2D eigenvalue weighted by atomic mass is 10.1. The molecular weight excluding hydrogens is 398 g/mol. The summed E-state index contributed by atoms with van der Waals surface area (Å²) in [6, 6.07) is 19.0. The number of carbonyl (C=O) groups is 1. The van der Waals surface area contributed by atoms with Crippen molar-refractivity contribution in [2.75, 3.05) is 24.9 Å². The average molecular weight is 424 g/mol. The van der Waals surface area contributed by atoms with E-state index in [0.29, 0.717) is 24.2 Å². The van der Waals surface area contributed by atoms with Gasteiger partial charge in [-0.1, -0.05) is 23.8 Å². The first-order chi connectivity index (χ1) is 14.3. The van der Waals surface area contributed by atoms with Crippen molar-refractivity contribution >= 4 is 21.6 Å². The van der Waals surface area contributed by atoms with Gasteiger partial charge in [0, 0.05) is 44.5 Å². The SMILES string of the molecule is Cc1ccc(S(=O)(=O)N(C)c2ccc(C(=O)N(C)CCc3ccccn3)cc2)cc1. The number of sulfonamides is 1. The van der Waals surface area contributed by atoms with Gasteiger partial charge in [0.15, 0.2) is 0 Å². The maximum absolute atomic E-state index is 12.8. The van der Waals surface area contributed by atoms with Crippen LogP contribution in [0.5, 0.6) is 0 Å². The molecule has 1 aromatic heterocycles. The van der Waals surface area contributed by atoms with Gasteiger partial charge in [-0.15, -0.1) is 0 Å². The van der Waals surface area contributed by atoms with Crippen LogP contribution in [-0.4, -0.2) is 44.8 Å². The number of anilines is 1. The van der Waals surface area contributed by atoms with Crippen molar-refractivity contribution in [1.82, 2.24) is 9.88 Å². The van der Waals surface area contributed by atoms with Gasteiger partial charge in [0.25, 0.3) is 15.9 Å². The Morgan fingerprint density at radius 2 is 1.60 bits per heavy atom. The molecule has 1 amide bonds. The normalized spacial score (nSPS) is 11.2.